The summed E-state index contributed by atoms with van der Waals surface area (Å²) in [5, 5.41) is 10.0. The van der Waals surface area contributed by atoms with Crippen LogP contribution in [-0.4, -0.2) is 35.4 Å². The molecular weight excluding hydrogens is 452 g/mol. The van der Waals surface area contributed by atoms with Gasteiger partial charge in [-0.15, -0.1) is 0 Å². The second kappa shape index (κ2) is 10.5. The van der Waals surface area contributed by atoms with Crippen LogP contribution in [0.25, 0.3) is 0 Å². The van der Waals surface area contributed by atoms with Gasteiger partial charge >= 0.3 is 11.9 Å². The van der Waals surface area contributed by atoms with E-state index < -0.39 is 11.5 Å². The minimum atomic E-state index is -0.608. The van der Waals surface area contributed by atoms with Crippen molar-refractivity contribution in [1.29, 1.82) is 0 Å². The van der Waals surface area contributed by atoms with Crippen molar-refractivity contribution in [3.05, 3.63) is 59.7 Å². The predicted octanol–water partition coefficient (Wildman–Crippen LogP) is 5.56. The summed E-state index contributed by atoms with van der Waals surface area (Å²) in [4.78, 5) is 25.6. The van der Waals surface area contributed by atoms with Crippen molar-refractivity contribution < 1.29 is 24.2 Å². The maximum Gasteiger partial charge on any atom is 0.312 e. The fourth-order valence-corrected chi connectivity index (χ4v) is 6.94. The average Bonchev–Trinajstić information content (AvgIpc) is 2.81. The highest BCUT2D eigenvalue weighted by molar-refractivity contribution is 5.78. The molecule has 7 atom stereocenters. The maximum absolute atomic E-state index is 13.7. The number of fused-ring (bicyclic) bond motifs is 1. The third-order valence-electron chi connectivity index (χ3n) is 9.04. The van der Waals surface area contributed by atoms with Crippen LogP contribution in [0.4, 0.5) is 0 Å². The number of carbonyl (C=O) groups is 2. The zero-order valence-electron chi connectivity index (χ0n) is 21.6. The summed E-state index contributed by atoms with van der Waals surface area (Å²) in [7, 11) is 0. The summed E-state index contributed by atoms with van der Waals surface area (Å²) in [5.41, 5.74) is 2.08. The van der Waals surface area contributed by atoms with E-state index in [0.717, 1.165) is 44.9 Å². The zero-order valence-corrected chi connectivity index (χ0v) is 21.6. The summed E-state index contributed by atoms with van der Waals surface area (Å²) in [5.74, 6) is 0.820. The number of rotatable bonds is 7. The lowest BCUT2D eigenvalue weighted by Gasteiger charge is -2.46. The van der Waals surface area contributed by atoms with Gasteiger partial charge in [-0.05, 0) is 67.4 Å². The van der Waals surface area contributed by atoms with Crippen molar-refractivity contribution >= 4 is 11.9 Å². The first-order valence-corrected chi connectivity index (χ1v) is 13.9. The molecule has 5 rings (SSSR count). The largest absolute Gasteiger partial charge is 0.462 e. The maximum atomic E-state index is 13.7. The zero-order chi connectivity index (χ0) is 25.3. The summed E-state index contributed by atoms with van der Waals surface area (Å²) < 4.78 is 12.0. The van der Waals surface area contributed by atoms with E-state index in [4.69, 9.17) is 9.47 Å². The van der Waals surface area contributed by atoms with Crippen LogP contribution >= 0.6 is 0 Å². The van der Waals surface area contributed by atoms with Crippen molar-refractivity contribution in [1.82, 2.24) is 0 Å². The molecule has 0 aromatic heterocycles. The molecule has 5 nitrogen and oxygen atoms in total. The van der Waals surface area contributed by atoms with Crippen LogP contribution in [0.5, 0.6) is 0 Å². The van der Waals surface area contributed by atoms with E-state index in [0.29, 0.717) is 24.2 Å². The van der Waals surface area contributed by atoms with E-state index in [2.05, 4.69) is 44.2 Å². The molecule has 5 heteroatoms. The van der Waals surface area contributed by atoms with Gasteiger partial charge in [0.2, 0.25) is 0 Å². The molecule has 0 unspecified atom stereocenters. The molecule has 1 aliphatic heterocycles. The van der Waals surface area contributed by atoms with Crippen molar-refractivity contribution in [3.8, 4) is 0 Å². The lowest BCUT2D eigenvalue weighted by atomic mass is 9.64. The van der Waals surface area contributed by atoms with Crippen molar-refractivity contribution in [2.24, 2.45) is 29.1 Å². The Morgan fingerprint density at radius 3 is 2.61 bits per heavy atom. The van der Waals surface area contributed by atoms with Gasteiger partial charge in [-0.2, -0.15) is 0 Å². The standard InChI is InChI=1S/C31H40O5/c1-20-15-23-10-9-21(2)26(12-11-25-17-24(32)18-28(33)35-25)29(23)27(16-20)36-30(34)31(13-6-14-31)19-22-7-4-3-5-8-22/h3-5,7-10,15,20-21,24-27,29,32H,6,11-14,16-19H2,1-2H3/t20-,21-,24+,25+,26-,27-,29-/m0/s1. The van der Waals surface area contributed by atoms with Crippen LogP contribution in [-0.2, 0) is 25.5 Å². The molecule has 0 amide bonds. The van der Waals surface area contributed by atoms with Gasteiger partial charge in [0.05, 0.1) is 17.9 Å². The van der Waals surface area contributed by atoms with E-state index >= 15 is 0 Å². The second-order valence-corrected chi connectivity index (χ2v) is 11.8. The number of esters is 2. The Morgan fingerprint density at radius 2 is 1.92 bits per heavy atom. The van der Waals surface area contributed by atoms with Gasteiger partial charge < -0.3 is 14.6 Å². The third-order valence-corrected chi connectivity index (χ3v) is 9.04. The molecule has 0 spiro atoms. The number of ether oxygens (including phenoxy) is 2. The molecule has 36 heavy (non-hydrogen) atoms. The number of carbonyl (C=O) groups excluding carboxylic acids is 2. The lowest BCUT2D eigenvalue weighted by molar-refractivity contribution is -0.172. The molecule has 1 heterocycles. The molecule has 1 aromatic carbocycles. The number of hydrogen-bond donors (Lipinski definition) is 1. The normalized spacial score (nSPS) is 35.1. The SMILES string of the molecule is C[C@H]1C=C2C=C[C@H](C)[C@H](CC[C@@H]3C[C@@H](O)CC(=O)O3)[C@H]2[C@@H](OC(=O)C2(Cc3ccccc3)CCC2)C1. The Morgan fingerprint density at radius 1 is 1.14 bits per heavy atom. The highest BCUT2D eigenvalue weighted by atomic mass is 16.6. The first kappa shape index (κ1) is 25.3. The fourth-order valence-electron chi connectivity index (χ4n) is 6.94. The van der Waals surface area contributed by atoms with Crippen LogP contribution in [0.15, 0.2) is 54.1 Å². The van der Waals surface area contributed by atoms with Crippen LogP contribution in [0, 0.1) is 29.1 Å². The second-order valence-electron chi connectivity index (χ2n) is 11.8. The molecular formula is C31H40O5. The molecule has 3 aliphatic carbocycles. The summed E-state index contributed by atoms with van der Waals surface area (Å²) >= 11 is 0. The molecule has 194 valence electrons. The van der Waals surface area contributed by atoms with Crippen molar-refractivity contribution in [2.75, 3.05) is 0 Å². The minimum Gasteiger partial charge on any atom is -0.462 e. The van der Waals surface area contributed by atoms with Gasteiger partial charge in [-0.3, -0.25) is 9.59 Å². The number of allylic oxidation sites excluding steroid dienone is 3. The van der Waals surface area contributed by atoms with Crippen LogP contribution in [0.2, 0.25) is 0 Å². The molecule has 0 radical (unpaired) electrons. The Bertz CT molecular complexity index is 1010. The summed E-state index contributed by atoms with van der Waals surface area (Å²) in [6.07, 6.45) is 12.5. The average molecular weight is 493 g/mol. The van der Waals surface area contributed by atoms with Gasteiger partial charge in [0.25, 0.3) is 0 Å². The minimum absolute atomic E-state index is 0.0265. The molecule has 0 bridgehead atoms. The van der Waals surface area contributed by atoms with Gasteiger partial charge in [0, 0.05) is 12.3 Å². The molecule has 1 N–H and O–H groups in total. The molecule has 1 saturated carbocycles. The highest BCUT2D eigenvalue weighted by Gasteiger charge is 2.49. The topological polar surface area (TPSA) is 72.8 Å². The number of aliphatic hydroxyl groups is 1. The summed E-state index contributed by atoms with van der Waals surface area (Å²) in [6, 6.07) is 10.3. The van der Waals surface area contributed by atoms with E-state index in [-0.39, 0.29) is 36.5 Å². The first-order valence-electron chi connectivity index (χ1n) is 13.9. The van der Waals surface area contributed by atoms with Crippen LogP contribution < -0.4 is 0 Å². The molecule has 4 aliphatic rings. The van der Waals surface area contributed by atoms with Gasteiger partial charge in [0.1, 0.15) is 12.2 Å². The number of benzene rings is 1. The molecule has 2 fully saturated rings. The molecule has 1 aromatic rings. The quantitative estimate of drug-likeness (QED) is 0.505. The lowest BCUT2D eigenvalue weighted by Crippen LogP contribution is -2.47. The van der Waals surface area contributed by atoms with Gasteiger partial charge in [-0.1, -0.05) is 68.8 Å². The van der Waals surface area contributed by atoms with E-state index in [9.17, 15) is 14.7 Å². The van der Waals surface area contributed by atoms with E-state index in [1.807, 2.05) is 18.2 Å². The van der Waals surface area contributed by atoms with Crippen molar-refractivity contribution in [2.45, 2.75) is 89.9 Å². The Balaban J connectivity index is 1.32. The Labute approximate surface area is 214 Å². The fraction of sp³-hybridized carbons (Fsp3) is 0.613. The van der Waals surface area contributed by atoms with E-state index in [1.165, 1.54) is 11.1 Å². The van der Waals surface area contributed by atoms with Gasteiger partial charge in [0.15, 0.2) is 0 Å². The molecule has 1 saturated heterocycles. The Kier molecular flexibility index (Phi) is 7.39. The Hall–Kier alpha value is -2.40. The highest BCUT2D eigenvalue weighted by Crippen LogP contribution is 2.49. The first-order chi connectivity index (χ1) is 17.3. The van der Waals surface area contributed by atoms with Crippen LogP contribution in [0.3, 0.4) is 0 Å². The number of aliphatic hydroxyl groups excluding tert-OH is 1. The summed E-state index contributed by atoms with van der Waals surface area (Å²) in [6.45, 7) is 4.44. The van der Waals surface area contributed by atoms with Crippen LogP contribution in [0.1, 0.15) is 70.8 Å². The van der Waals surface area contributed by atoms with Gasteiger partial charge in [-0.25, -0.2) is 0 Å². The third kappa shape index (κ3) is 5.32. The number of cyclic esters (lactones) is 1. The smallest absolute Gasteiger partial charge is 0.312 e. The number of hydrogen-bond acceptors (Lipinski definition) is 5. The van der Waals surface area contributed by atoms with E-state index in [1.54, 1.807) is 0 Å². The van der Waals surface area contributed by atoms with Crippen molar-refractivity contribution in [3.63, 3.8) is 0 Å². The monoisotopic (exact) mass is 492 g/mol. The predicted molar refractivity (Wildman–Crippen MR) is 138 cm³/mol.